The number of benzene rings is 2. The summed E-state index contributed by atoms with van der Waals surface area (Å²) in [5.74, 6) is -1.69. The molecule has 1 aliphatic rings. The van der Waals surface area contributed by atoms with Crippen LogP contribution < -0.4 is 10.6 Å². The molecule has 3 N–H and O–H groups in total. The molecule has 34 heavy (non-hydrogen) atoms. The standard InChI is InChI=1S/C26H32N2O6/c1-16(2)17(12-24(29)28-23(15-33-3)25(30)31)13-27-26(32)34-14-22-20-10-6-4-8-18(20)19-9-5-7-11-21(19)22/h4-11,16-17,22-23H,12-15H2,1-3H3,(H,27,32)(H,28,29)(H,30,31)/t17?,23-/m0/s1. The number of rotatable bonds is 11. The molecule has 0 bridgehead atoms. The van der Waals surface area contributed by atoms with E-state index in [-0.39, 0.29) is 43.9 Å². The molecular weight excluding hydrogens is 436 g/mol. The van der Waals surface area contributed by atoms with Gasteiger partial charge in [-0.2, -0.15) is 0 Å². The molecule has 1 unspecified atom stereocenters. The number of fused-ring (bicyclic) bond motifs is 3. The van der Waals surface area contributed by atoms with E-state index >= 15 is 0 Å². The Morgan fingerprint density at radius 1 is 1.00 bits per heavy atom. The fraction of sp³-hybridized carbons (Fsp3) is 0.423. The van der Waals surface area contributed by atoms with Gasteiger partial charge in [0.15, 0.2) is 6.04 Å². The van der Waals surface area contributed by atoms with Crippen LogP contribution >= 0.6 is 0 Å². The van der Waals surface area contributed by atoms with Crippen molar-refractivity contribution in [3.05, 3.63) is 59.7 Å². The molecule has 2 aromatic rings. The summed E-state index contributed by atoms with van der Waals surface area (Å²) in [7, 11) is 1.37. The molecular formula is C26H32N2O6. The van der Waals surface area contributed by atoms with Gasteiger partial charge in [-0.25, -0.2) is 9.59 Å². The van der Waals surface area contributed by atoms with E-state index in [9.17, 15) is 19.5 Å². The van der Waals surface area contributed by atoms with Crippen molar-refractivity contribution in [1.29, 1.82) is 0 Å². The lowest BCUT2D eigenvalue weighted by Crippen LogP contribution is -2.45. The lowest BCUT2D eigenvalue weighted by Gasteiger charge is -2.22. The van der Waals surface area contributed by atoms with Gasteiger partial charge < -0.3 is 25.2 Å². The minimum absolute atomic E-state index is 0.0291. The SMILES string of the molecule is COC[C@H](NC(=O)CC(CNC(=O)OCC1c2ccccc2-c2ccccc21)C(C)C)C(=O)O. The Morgan fingerprint density at radius 2 is 1.59 bits per heavy atom. The zero-order chi connectivity index (χ0) is 24.7. The van der Waals surface area contributed by atoms with E-state index in [1.54, 1.807) is 0 Å². The van der Waals surface area contributed by atoms with Gasteiger partial charge in [-0.1, -0.05) is 62.4 Å². The molecule has 0 spiro atoms. The summed E-state index contributed by atoms with van der Waals surface area (Å²) >= 11 is 0. The smallest absolute Gasteiger partial charge is 0.407 e. The average molecular weight is 469 g/mol. The molecule has 0 aromatic heterocycles. The highest BCUT2D eigenvalue weighted by Crippen LogP contribution is 2.44. The number of carboxylic acids is 1. The predicted molar refractivity (Wildman–Crippen MR) is 127 cm³/mol. The summed E-state index contributed by atoms with van der Waals surface area (Å²) in [6.45, 7) is 4.22. The van der Waals surface area contributed by atoms with Crippen LogP contribution in [0.25, 0.3) is 11.1 Å². The highest BCUT2D eigenvalue weighted by molar-refractivity contribution is 5.84. The van der Waals surface area contributed by atoms with Crippen molar-refractivity contribution in [2.45, 2.75) is 32.2 Å². The van der Waals surface area contributed by atoms with Crippen molar-refractivity contribution in [1.82, 2.24) is 10.6 Å². The number of ether oxygens (including phenoxy) is 2. The van der Waals surface area contributed by atoms with Crippen LogP contribution in [0.2, 0.25) is 0 Å². The molecule has 0 saturated heterocycles. The van der Waals surface area contributed by atoms with Crippen molar-refractivity contribution < 1.29 is 29.0 Å². The Balaban J connectivity index is 1.53. The maximum Gasteiger partial charge on any atom is 0.407 e. The van der Waals surface area contributed by atoms with Crippen LogP contribution in [0.15, 0.2) is 48.5 Å². The zero-order valence-corrected chi connectivity index (χ0v) is 19.7. The molecule has 0 heterocycles. The normalized spacial score (nSPS) is 14.1. The second-order valence-corrected chi connectivity index (χ2v) is 8.83. The van der Waals surface area contributed by atoms with Gasteiger partial charge in [-0.05, 0) is 34.1 Å². The third-order valence-corrected chi connectivity index (χ3v) is 6.21. The van der Waals surface area contributed by atoms with E-state index in [4.69, 9.17) is 9.47 Å². The summed E-state index contributed by atoms with van der Waals surface area (Å²) in [5, 5.41) is 14.4. The quantitative estimate of drug-likeness (QED) is 0.466. The third kappa shape index (κ3) is 6.14. The molecule has 2 amide bonds. The number of alkyl carbamates (subject to hydrolysis) is 1. The van der Waals surface area contributed by atoms with Crippen LogP contribution in [-0.2, 0) is 19.1 Å². The van der Waals surface area contributed by atoms with Crippen molar-refractivity contribution in [3.8, 4) is 11.1 Å². The monoisotopic (exact) mass is 468 g/mol. The van der Waals surface area contributed by atoms with Gasteiger partial charge in [-0.15, -0.1) is 0 Å². The molecule has 0 saturated carbocycles. The van der Waals surface area contributed by atoms with Crippen molar-refractivity contribution in [2.24, 2.45) is 11.8 Å². The fourth-order valence-electron chi connectivity index (χ4n) is 4.24. The van der Waals surface area contributed by atoms with E-state index in [1.165, 1.54) is 7.11 Å². The van der Waals surface area contributed by atoms with Gasteiger partial charge in [0.05, 0.1) is 6.61 Å². The Hall–Kier alpha value is -3.39. The van der Waals surface area contributed by atoms with Crippen LogP contribution in [0, 0.1) is 11.8 Å². The molecule has 182 valence electrons. The second-order valence-electron chi connectivity index (χ2n) is 8.83. The van der Waals surface area contributed by atoms with Gasteiger partial charge in [0.2, 0.25) is 5.91 Å². The van der Waals surface area contributed by atoms with Crippen molar-refractivity contribution in [3.63, 3.8) is 0 Å². The topological polar surface area (TPSA) is 114 Å². The van der Waals surface area contributed by atoms with Gasteiger partial charge in [0.25, 0.3) is 0 Å². The summed E-state index contributed by atoms with van der Waals surface area (Å²) in [5.41, 5.74) is 4.59. The highest BCUT2D eigenvalue weighted by atomic mass is 16.5. The van der Waals surface area contributed by atoms with Crippen LogP contribution in [0.5, 0.6) is 0 Å². The Morgan fingerprint density at radius 3 is 2.12 bits per heavy atom. The second kappa shape index (κ2) is 11.7. The molecule has 8 heteroatoms. The van der Waals surface area contributed by atoms with Crippen LogP contribution in [-0.4, -0.2) is 56.0 Å². The first-order chi connectivity index (χ1) is 16.3. The molecule has 0 fully saturated rings. The Kier molecular flexibility index (Phi) is 8.65. The van der Waals surface area contributed by atoms with E-state index in [0.29, 0.717) is 0 Å². The third-order valence-electron chi connectivity index (χ3n) is 6.21. The molecule has 0 aliphatic heterocycles. The molecule has 2 atom stereocenters. The number of carbonyl (C=O) groups is 3. The number of aliphatic carboxylic acids is 1. The first-order valence-corrected chi connectivity index (χ1v) is 11.4. The number of amides is 2. The first kappa shape index (κ1) is 25.2. The number of methoxy groups -OCH3 is 1. The van der Waals surface area contributed by atoms with E-state index < -0.39 is 24.0 Å². The summed E-state index contributed by atoms with van der Waals surface area (Å²) in [6.07, 6.45) is -0.467. The van der Waals surface area contributed by atoms with Gasteiger partial charge in [0.1, 0.15) is 6.61 Å². The molecule has 3 rings (SSSR count). The van der Waals surface area contributed by atoms with Crippen LogP contribution in [0.4, 0.5) is 4.79 Å². The number of carboxylic acid groups (broad SMARTS) is 1. The highest BCUT2D eigenvalue weighted by Gasteiger charge is 2.29. The Labute approximate surface area is 199 Å². The maximum absolute atomic E-state index is 12.5. The molecule has 8 nitrogen and oxygen atoms in total. The maximum atomic E-state index is 12.5. The largest absolute Gasteiger partial charge is 0.480 e. The molecule has 1 aliphatic carbocycles. The number of hydrogen-bond donors (Lipinski definition) is 3. The van der Waals surface area contributed by atoms with Crippen molar-refractivity contribution in [2.75, 3.05) is 26.9 Å². The van der Waals surface area contributed by atoms with Gasteiger partial charge >= 0.3 is 12.1 Å². The van der Waals surface area contributed by atoms with E-state index in [0.717, 1.165) is 22.3 Å². The minimum atomic E-state index is -1.16. The fourth-order valence-corrected chi connectivity index (χ4v) is 4.24. The van der Waals surface area contributed by atoms with Crippen molar-refractivity contribution >= 4 is 18.0 Å². The molecule has 0 radical (unpaired) electrons. The van der Waals surface area contributed by atoms with Crippen LogP contribution in [0.1, 0.15) is 37.3 Å². The average Bonchev–Trinajstić information content (AvgIpc) is 3.13. The first-order valence-electron chi connectivity index (χ1n) is 11.4. The minimum Gasteiger partial charge on any atom is -0.480 e. The van der Waals surface area contributed by atoms with Gasteiger partial charge in [0, 0.05) is 26.0 Å². The number of carbonyl (C=O) groups excluding carboxylic acids is 2. The lowest BCUT2D eigenvalue weighted by molar-refractivity contribution is -0.143. The van der Waals surface area contributed by atoms with Gasteiger partial charge in [-0.3, -0.25) is 4.79 Å². The summed E-state index contributed by atoms with van der Waals surface area (Å²) < 4.78 is 10.4. The van der Waals surface area contributed by atoms with E-state index in [2.05, 4.69) is 34.9 Å². The molecule has 2 aromatic carbocycles. The number of hydrogen-bond acceptors (Lipinski definition) is 5. The summed E-state index contributed by atoms with van der Waals surface area (Å²) in [6, 6.07) is 15.1. The number of nitrogens with one attached hydrogen (secondary N) is 2. The van der Waals surface area contributed by atoms with E-state index in [1.807, 2.05) is 38.1 Å². The Bertz CT molecular complexity index is 976. The summed E-state index contributed by atoms with van der Waals surface area (Å²) in [4.78, 5) is 36.0. The lowest BCUT2D eigenvalue weighted by atomic mass is 9.92. The predicted octanol–water partition coefficient (Wildman–Crippen LogP) is 3.40. The zero-order valence-electron chi connectivity index (χ0n) is 19.7. The van der Waals surface area contributed by atoms with Crippen LogP contribution in [0.3, 0.4) is 0 Å².